The summed E-state index contributed by atoms with van der Waals surface area (Å²) in [5.74, 6) is -1.10. The topological polar surface area (TPSA) is 83.0 Å². The highest BCUT2D eigenvalue weighted by Gasteiger charge is 2.35. The van der Waals surface area contributed by atoms with Gasteiger partial charge in [0, 0.05) is 36.8 Å². The quantitative estimate of drug-likeness (QED) is 0.566. The Bertz CT molecular complexity index is 1240. The molecule has 1 aromatic heterocycles. The number of rotatable bonds is 6. The Hall–Kier alpha value is -3.78. The van der Waals surface area contributed by atoms with Crippen LogP contribution >= 0.6 is 0 Å². The Balaban J connectivity index is 1.67. The van der Waals surface area contributed by atoms with Crippen LogP contribution in [0.15, 0.2) is 66.9 Å². The first kappa shape index (κ1) is 25.3. The second kappa shape index (κ2) is 10.9. The van der Waals surface area contributed by atoms with E-state index in [2.05, 4.69) is 4.98 Å². The summed E-state index contributed by atoms with van der Waals surface area (Å²) in [5.41, 5.74) is 2.22. The predicted octanol–water partition coefficient (Wildman–Crippen LogP) is 3.88. The van der Waals surface area contributed by atoms with Gasteiger partial charge in [-0.05, 0) is 36.8 Å². The SMILES string of the molecule is C[C@H](CO)N1C[C@H](C)[C@@H](CN(C)C(=O)c2cccc(F)c2)Oc2ncc(-c3ccccc3)cc2C1=O. The number of aromatic nitrogens is 1. The molecule has 8 heteroatoms. The maximum absolute atomic E-state index is 13.7. The van der Waals surface area contributed by atoms with Gasteiger partial charge >= 0.3 is 0 Å². The molecule has 1 aliphatic heterocycles. The molecule has 0 aliphatic carbocycles. The van der Waals surface area contributed by atoms with Crippen LogP contribution in [0, 0.1) is 11.7 Å². The van der Waals surface area contributed by atoms with Gasteiger partial charge in [0.1, 0.15) is 17.5 Å². The van der Waals surface area contributed by atoms with Crippen LogP contribution in [-0.2, 0) is 0 Å². The van der Waals surface area contributed by atoms with Crippen molar-refractivity contribution >= 4 is 11.8 Å². The van der Waals surface area contributed by atoms with Crippen LogP contribution in [0.4, 0.5) is 4.39 Å². The van der Waals surface area contributed by atoms with Crippen LogP contribution in [0.3, 0.4) is 0 Å². The molecule has 36 heavy (non-hydrogen) atoms. The highest BCUT2D eigenvalue weighted by molar-refractivity contribution is 5.98. The summed E-state index contributed by atoms with van der Waals surface area (Å²) in [4.78, 5) is 34.1. The van der Waals surface area contributed by atoms with Crippen molar-refractivity contribution < 1.29 is 23.8 Å². The lowest BCUT2D eigenvalue weighted by Gasteiger charge is -2.37. The molecule has 0 radical (unpaired) electrons. The highest BCUT2D eigenvalue weighted by atomic mass is 19.1. The van der Waals surface area contributed by atoms with Crippen LogP contribution < -0.4 is 4.74 Å². The zero-order valence-electron chi connectivity index (χ0n) is 20.6. The second-order valence-corrected chi connectivity index (χ2v) is 9.26. The fourth-order valence-corrected chi connectivity index (χ4v) is 4.30. The number of amides is 2. The fourth-order valence-electron chi connectivity index (χ4n) is 4.30. The van der Waals surface area contributed by atoms with Crippen LogP contribution in [0.2, 0.25) is 0 Å². The van der Waals surface area contributed by atoms with Crippen LogP contribution in [0.1, 0.15) is 34.6 Å². The first-order valence-electron chi connectivity index (χ1n) is 11.9. The molecule has 0 saturated carbocycles. The minimum atomic E-state index is -0.497. The van der Waals surface area contributed by atoms with Crippen molar-refractivity contribution in [2.75, 3.05) is 26.7 Å². The van der Waals surface area contributed by atoms with Crippen molar-refractivity contribution in [3.05, 3.63) is 83.8 Å². The van der Waals surface area contributed by atoms with Crippen molar-refractivity contribution in [3.63, 3.8) is 0 Å². The largest absolute Gasteiger partial charge is 0.472 e. The number of hydrogen-bond donors (Lipinski definition) is 1. The van der Waals surface area contributed by atoms with E-state index in [1.54, 1.807) is 37.2 Å². The van der Waals surface area contributed by atoms with Gasteiger partial charge in [0.2, 0.25) is 5.88 Å². The van der Waals surface area contributed by atoms with E-state index in [0.29, 0.717) is 12.1 Å². The molecule has 2 aromatic carbocycles. The standard InChI is InChI=1S/C28H30FN3O4/c1-18-15-32(19(2)17-33)28(35)24-13-22(20-8-5-4-6-9-20)14-30-26(24)36-25(18)16-31(3)27(34)21-10-7-11-23(29)12-21/h4-14,18-19,25,33H,15-17H2,1-3H3/t18-,19+,25+/m0/s1. The van der Waals surface area contributed by atoms with Gasteiger partial charge in [0.25, 0.3) is 11.8 Å². The summed E-state index contributed by atoms with van der Waals surface area (Å²) in [7, 11) is 1.63. The van der Waals surface area contributed by atoms with E-state index in [1.165, 1.54) is 23.1 Å². The second-order valence-electron chi connectivity index (χ2n) is 9.26. The maximum atomic E-state index is 13.7. The molecule has 0 fully saturated rings. The lowest BCUT2D eigenvalue weighted by atomic mass is 9.99. The number of hydrogen-bond acceptors (Lipinski definition) is 5. The number of aliphatic hydroxyl groups is 1. The fraction of sp³-hybridized carbons (Fsp3) is 0.321. The Kier molecular flexibility index (Phi) is 7.64. The van der Waals surface area contributed by atoms with Crippen LogP contribution in [0.25, 0.3) is 11.1 Å². The monoisotopic (exact) mass is 491 g/mol. The molecular formula is C28H30FN3O4. The summed E-state index contributed by atoms with van der Waals surface area (Å²) in [6.45, 7) is 4.05. The van der Waals surface area contributed by atoms with Gasteiger partial charge in [-0.3, -0.25) is 9.59 Å². The van der Waals surface area contributed by atoms with E-state index >= 15 is 0 Å². The van der Waals surface area contributed by atoms with Crippen LogP contribution in [0.5, 0.6) is 5.88 Å². The molecule has 0 unspecified atom stereocenters. The number of likely N-dealkylation sites (N-methyl/N-ethyl adjacent to an activating group) is 1. The Morgan fingerprint density at radius 2 is 1.94 bits per heavy atom. The molecule has 0 saturated heterocycles. The third-order valence-corrected chi connectivity index (χ3v) is 6.50. The normalized spacial score (nSPS) is 18.5. The smallest absolute Gasteiger partial charge is 0.259 e. The average Bonchev–Trinajstić information content (AvgIpc) is 2.90. The number of carbonyl (C=O) groups is 2. The summed E-state index contributed by atoms with van der Waals surface area (Å²) in [6, 6.07) is 16.5. The number of carbonyl (C=O) groups excluding carboxylic acids is 2. The van der Waals surface area contributed by atoms with Gasteiger partial charge < -0.3 is 19.6 Å². The molecular weight excluding hydrogens is 461 g/mol. The number of nitrogens with zero attached hydrogens (tertiary/aromatic N) is 3. The van der Waals surface area contributed by atoms with E-state index in [9.17, 15) is 19.1 Å². The molecule has 1 aliphatic rings. The predicted molar refractivity (Wildman–Crippen MR) is 134 cm³/mol. The van der Waals surface area contributed by atoms with Crippen molar-refractivity contribution in [1.82, 2.24) is 14.8 Å². The van der Waals surface area contributed by atoms with Crippen molar-refractivity contribution in [3.8, 4) is 17.0 Å². The van der Waals surface area contributed by atoms with E-state index in [4.69, 9.17) is 4.74 Å². The van der Waals surface area contributed by atoms with Gasteiger partial charge in [0.05, 0.1) is 19.2 Å². The third-order valence-electron chi connectivity index (χ3n) is 6.50. The molecule has 188 valence electrons. The number of fused-ring (bicyclic) bond motifs is 1. The van der Waals surface area contributed by atoms with E-state index < -0.39 is 18.0 Å². The molecule has 4 rings (SSSR count). The molecule has 0 spiro atoms. The molecule has 2 heterocycles. The zero-order valence-corrected chi connectivity index (χ0v) is 20.6. The lowest BCUT2D eigenvalue weighted by Crippen LogP contribution is -2.50. The average molecular weight is 492 g/mol. The molecule has 2 amide bonds. The highest BCUT2D eigenvalue weighted by Crippen LogP contribution is 2.30. The van der Waals surface area contributed by atoms with Crippen molar-refractivity contribution in [2.45, 2.75) is 26.0 Å². The van der Waals surface area contributed by atoms with E-state index in [0.717, 1.165) is 11.1 Å². The van der Waals surface area contributed by atoms with Gasteiger partial charge in [-0.1, -0.05) is 43.3 Å². The lowest BCUT2D eigenvalue weighted by molar-refractivity contribution is 0.0313. The molecule has 0 bridgehead atoms. The number of ether oxygens (including phenoxy) is 1. The third kappa shape index (κ3) is 5.39. The number of halogens is 1. The Labute approximate surface area is 210 Å². The number of benzene rings is 2. The van der Waals surface area contributed by atoms with Crippen molar-refractivity contribution in [1.29, 1.82) is 0 Å². The zero-order chi connectivity index (χ0) is 25.8. The first-order valence-corrected chi connectivity index (χ1v) is 11.9. The molecule has 7 nitrogen and oxygen atoms in total. The number of aliphatic hydroxyl groups excluding tert-OH is 1. The molecule has 3 aromatic rings. The number of pyridine rings is 1. The summed E-state index contributed by atoms with van der Waals surface area (Å²) >= 11 is 0. The van der Waals surface area contributed by atoms with Crippen molar-refractivity contribution in [2.24, 2.45) is 5.92 Å². The van der Waals surface area contributed by atoms with Gasteiger partial charge in [-0.25, -0.2) is 9.37 Å². The van der Waals surface area contributed by atoms with E-state index in [1.807, 2.05) is 37.3 Å². The van der Waals surface area contributed by atoms with Gasteiger partial charge in [0.15, 0.2) is 0 Å². The van der Waals surface area contributed by atoms with Gasteiger partial charge in [-0.15, -0.1) is 0 Å². The first-order chi connectivity index (χ1) is 17.3. The summed E-state index contributed by atoms with van der Waals surface area (Å²) in [6.07, 6.45) is 1.16. The minimum Gasteiger partial charge on any atom is -0.472 e. The Morgan fingerprint density at radius 1 is 1.19 bits per heavy atom. The van der Waals surface area contributed by atoms with E-state index in [-0.39, 0.29) is 42.3 Å². The van der Waals surface area contributed by atoms with Gasteiger partial charge in [-0.2, -0.15) is 0 Å². The van der Waals surface area contributed by atoms with Crippen LogP contribution in [-0.4, -0.2) is 70.6 Å². The minimum absolute atomic E-state index is 0.179. The summed E-state index contributed by atoms with van der Waals surface area (Å²) in [5, 5.41) is 9.84. The Morgan fingerprint density at radius 3 is 2.64 bits per heavy atom. The molecule has 1 N–H and O–H groups in total. The maximum Gasteiger partial charge on any atom is 0.259 e. The summed E-state index contributed by atoms with van der Waals surface area (Å²) < 4.78 is 19.9. The molecule has 3 atom stereocenters.